The Kier molecular flexibility index (Phi) is 4.98. The molecular formula is C20H18Cl2N2O. The highest BCUT2D eigenvalue weighted by atomic mass is 35.5. The van der Waals surface area contributed by atoms with Gasteiger partial charge in [0.1, 0.15) is 5.69 Å². The summed E-state index contributed by atoms with van der Waals surface area (Å²) in [5, 5.41) is 4.62. The van der Waals surface area contributed by atoms with Crippen LogP contribution in [0.2, 0.25) is 5.02 Å². The lowest BCUT2D eigenvalue weighted by molar-refractivity contribution is 0.107. The van der Waals surface area contributed by atoms with Gasteiger partial charge in [-0.25, -0.2) is 0 Å². The Balaban J connectivity index is 2.13. The summed E-state index contributed by atoms with van der Waals surface area (Å²) in [5.41, 5.74) is 6.18. The fraction of sp³-hybridized carbons (Fsp3) is 0.200. The number of nitrogens with zero attached hydrogens (tertiary/aromatic N) is 2. The summed E-state index contributed by atoms with van der Waals surface area (Å²) in [6.07, 6.45) is 0. The summed E-state index contributed by atoms with van der Waals surface area (Å²) >= 11 is 11.9. The van der Waals surface area contributed by atoms with Crippen LogP contribution in [0.3, 0.4) is 0 Å². The SMILES string of the molecule is Cc1ccc(Cn2nc(C(=O)Cl)c(C)c2-c2ccc(Cl)c(C)c2)cc1. The van der Waals surface area contributed by atoms with E-state index in [1.54, 1.807) is 0 Å². The molecule has 0 aliphatic heterocycles. The van der Waals surface area contributed by atoms with Crippen LogP contribution in [0.4, 0.5) is 0 Å². The molecule has 2 aromatic carbocycles. The number of hydrogen-bond donors (Lipinski definition) is 0. The summed E-state index contributed by atoms with van der Waals surface area (Å²) < 4.78 is 1.83. The van der Waals surface area contributed by atoms with E-state index in [1.165, 1.54) is 5.56 Å². The van der Waals surface area contributed by atoms with E-state index in [9.17, 15) is 4.79 Å². The van der Waals surface area contributed by atoms with E-state index in [4.69, 9.17) is 23.2 Å². The van der Waals surface area contributed by atoms with Crippen LogP contribution in [0, 0.1) is 20.8 Å². The maximum Gasteiger partial charge on any atom is 0.273 e. The van der Waals surface area contributed by atoms with Gasteiger partial charge >= 0.3 is 0 Å². The third-order valence-corrected chi connectivity index (χ3v) is 4.86. The summed E-state index contributed by atoms with van der Waals surface area (Å²) in [6.45, 7) is 6.43. The van der Waals surface area contributed by atoms with Gasteiger partial charge in [-0.1, -0.05) is 47.5 Å². The van der Waals surface area contributed by atoms with Crippen molar-refractivity contribution in [2.75, 3.05) is 0 Å². The van der Waals surface area contributed by atoms with E-state index in [0.717, 1.165) is 27.9 Å². The van der Waals surface area contributed by atoms with Crippen molar-refractivity contribution >= 4 is 28.4 Å². The Morgan fingerprint density at radius 1 is 1.08 bits per heavy atom. The molecule has 0 saturated carbocycles. The lowest BCUT2D eigenvalue weighted by atomic mass is 10.0. The zero-order valence-electron chi connectivity index (χ0n) is 14.3. The molecule has 0 saturated heterocycles. The molecule has 0 unspecified atom stereocenters. The molecule has 0 atom stereocenters. The molecule has 0 amide bonds. The van der Waals surface area contributed by atoms with Crippen molar-refractivity contribution in [3.8, 4) is 11.3 Å². The molecule has 1 aromatic heterocycles. The van der Waals surface area contributed by atoms with E-state index in [1.807, 2.05) is 43.7 Å². The van der Waals surface area contributed by atoms with E-state index in [2.05, 4.69) is 29.4 Å². The second-order valence-corrected chi connectivity index (χ2v) is 6.95. The Labute approximate surface area is 157 Å². The van der Waals surface area contributed by atoms with E-state index in [-0.39, 0.29) is 5.69 Å². The molecule has 0 fully saturated rings. The maximum atomic E-state index is 11.7. The first-order chi connectivity index (χ1) is 11.9. The average molecular weight is 373 g/mol. The molecule has 3 nitrogen and oxygen atoms in total. The Morgan fingerprint density at radius 3 is 2.36 bits per heavy atom. The minimum atomic E-state index is -0.549. The molecule has 0 aliphatic carbocycles. The molecule has 0 bridgehead atoms. The average Bonchev–Trinajstić information content (AvgIpc) is 2.89. The zero-order chi connectivity index (χ0) is 18.1. The largest absolute Gasteiger partial charge is 0.274 e. The van der Waals surface area contributed by atoms with Crippen molar-refractivity contribution < 1.29 is 4.79 Å². The lowest BCUT2D eigenvalue weighted by Crippen LogP contribution is -2.05. The second-order valence-electron chi connectivity index (χ2n) is 6.20. The fourth-order valence-corrected chi connectivity index (χ4v) is 3.17. The molecule has 128 valence electrons. The smallest absolute Gasteiger partial charge is 0.273 e. The monoisotopic (exact) mass is 372 g/mol. The van der Waals surface area contributed by atoms with Gasteiger partial charge in [0, 0.05) is 16.1 Å². The lowest BCUT2D eigenvalue weighted by Gasteiger charge is -2.10. The van der Waals surface area contributed by atoms with Gasteiger partial charge < -0.3 is 0 Å². The summed E-state index contributed by atoms with van der Waals surface area (Å²) in [7, 11) is 0. The molecule has 0 N–H and O–H groups in total. The van der Waals surface area contributed by atoms with Gasteiger partial charge in [-0.2, -0.15) is 5.10 Å². The molecule has 3 rings (SSSR count). The highest BCUT2D eigenvalue weighted by Gasteiger charge is 2.20. The van der Waals surface area contributed by atoms with Crippen molar-refractivity contribution in [1.29, 1.82) is 0 Å². The van der Waals surface area contributed by atoms with E-state index >= 15 is 0 Å². The quantitative estimate of drug-likeness (QED) is 0.562. The standard InChI is InChI=1S/C20H18Cl2N2O/c1-12-4-6-15(7-5-12)11-24-19(14(3)18(23-24)20(22)25)16-8-9-17(21)13(2)10-16/h4-10H,11H2,1-3H3. The van der Waals surface area contributed by atoms with Crippen LogP contribution in [-0.2, 0) is 6.54 Å². The third kappa shape index (κ3) is 3.63. The first-order valence-corrected chi connectivity index (χ1v) is 8.71. The molecule has 25 heavy (non-hydrogen) atoms. The van der Waals surface area contributed by atoms with Gasteiger partial charge in [0.15, 0.2) is 0 Å². The van der Waals surface area contributed by atoms with Crippen molar-refractivity contribution in [3.05, 3.63) is 75.4 Å². The highest BCUT2D eigenvalue weighted by Crippen LogP contribution is 2.30. The predicted molar refractivity (Wildman–Crippen MR) is 103 cm³/mol. The van der Waals surface area contributed by atoms with Crippen molar-refractivity contribution in [3.63, 3.8) is 0 Å². The van der Waals surface area contributed by atoms with E-state index in [0.29, 0.717) is 11.6 Å². The van der Waals surface area contributed by atoms with Gasteiger partial charge in [0.2, 0.25) is 0 Å². The normalized spacial score (nSPS) is 10.9. The van der Waals surface area contributed by atoms with Crippen LogP contribution in [-0.4, -0.2) is 15.0 Å². The first kappa shape index (κ1) is 17.7. The van der Waals surface area contributed by atoms with Gasteiger partial charge in [0.25, 0.3) is 5.24 Å². The topological polar surface area (TPSA) is 34.9 Å². The Morgan fingerprint density at radius 2 is 1.76 bits per heavy atom. The van der Waals surface area contributed by atoms with Gasteiger partial charge in [0.05, 0.1) is 12.2 Å². The fourth-order valence-electron chi connectivity index (χ4n) is 2.88. The minimum absolute atomic E-state index is 0.288. The minimum Gasteiger partial charge on any atom is -0.274 e. The number of halogens is 2. The van der Waals surface area contributed by atoms with Crippen LogP contribution in [0.1, 0.15) is 32.7 Å². The summed E-state index contributed by atoms with van der Waals surface area (Å²) in [4.78, 5) is 11.7. The number of benzene rings is 2. The number of aromatic nitrogens is 2. The number of carbonyl (C=O) groups excluding carboxylic acids is 1. The first-order valence-electron chi connectivity index (χ1n) is 7.96. The number of carbonyl (C=O) groups is 1. The van der Waals surface area contributed by atoms with Crippen molar-refractivity contribution in [2.45, 2.75) is 27.3 Å². The molecular weight excluding hydrogens is 355 g/mol. The van der Waals surface area contributed by atoms with Gasteiger partial charge in [-0.15, -0.1) is 0 Å². The predicted octanol–water partition coefficient (Wildman–Crippen LogP) is 5.56. The van der Waals surface area contributed by atoms with Crippen molar-refractivity contribution in [1.82, 2.24) is 9.78 Å². The van der Waals surface area contributed by atoms with Crippen molar-refractivity contribution in [2.24, 2.45) is 0 Å². The number of aryl methyl sites for hydroxylation is 2. The molecule has 0 spiro atoms. The molecule has 0 radical (unpaired) electrons. The Bertz CT molecular complexity index is 943. The van der Waals surface area contributed by atoms with Gasteiger partial charge in [-0.3, -0.25) is 9.48 Å². The van der Waals surface area contributed by atoms with E-state index < -0.39 is 5.24 Å². The van der Waals surface area contributed by atoms with Crippen LogP contribution in [0.25, 0.3) is 11.3 Å². The second kappa shape index (κ2) is 7.03. The van der Waals surface area contributed by atoms with Crippen LogP contribution < -0.4 is 0 Å². The Hall–Kier alpha value is -2.10. The number of hydrogen-bond acceptors (Lipinski definition) is 2. The highest BCUT2D eigenvalue weighted by molar-refractivity contribution is 6.67. The molecule has 3 aromatic rings. The third-order valence-electron chi connectivity index (χ3n) is 4.26. The zero-order valence-corrected chi connectivity index (χ0v) is 15.8. The molecule has 1 heterocycles. The maximum absolute atomic E-state index is 11.7. The summed E-state index contributed by atoms with van der Waals surface area (Å²) in [6, 6.07) is 14.0. The number of rotatable bonds is 4. The van der Waals surface area contributed by atoms with Crippen LogP contribution in [0.5, 0.6) is 0 Å². The van der Waals surface area contributed by atoms with Crippen LogP contribution in [0.15, 0.2) is 42.5 Å². The molecule has 0 aliphatic rings. The van der Waals surface area contributed by atoms with Gasteiger partial charge in [-0.05, 0) is 55.6 Å². The molecule has 5 heteroatoms. The summed E-state index contributed by atoms with van der Waals surface area (Å²) in [5.74, 6) is 0. The van der Waals surface area contributed by atoms with Crippen LogP contribution >= 0.6 is 23.2 Å².